The van der Waals surface area contributed by atoms with E-state index in [1.54, 1.807) is 18.2 Å². The summed E-state index contributed by atoms with van der Waals surface area (Å²) in [7, 11) is 0. The normalized spacial score (nSPS) is 10.3. The maximum Gasteiger partial charge on any atom is 0.150 e. The largest absolute Gasteiger partial charge is 0.298 e. The number of rotatable bonds is 2. The first-order chi connectivity index (χ1) is 8.15. The van der Waals surface area contributed by atoms with Crippen LogP contribution in [0.5, 0.6) is 0 Å². The molecule has 2 aromatic carbocycles. The Morgan fingerprint density at radius 3 is 2.12 bits per heavy atom. The molecule has 0 aromatic heterocycles. The molecule has 0 fully saturated rings. The minimum Gasteiger partial charge on any atom is -0.298 e. The van der Waals surface area contributed by atoms with E-state index in [2.05, 4.69) is 0 Å². The maximum atomic E-state index is 13.8. The van der Waals surface area contributed by atoms with Gasteiger partial charge in [0.25, 0.3) is 0 Å². The summed E-state index contributed by atoms with van der Waals surface area (Å²) in [5.41, 5.74) is 0.703. The van der Waals surface area contributed by atoms with Gasteiger partial charge in [0.05, 0.1) is 10.0 Å². The number of benzene rings is 2. The van der Waals surface area contributed by atoms with Gasteiger partial charge in [0.1, 0.15) is 5.82 Å². The number of hydrogen-bond acceptors (Lipinski definition) is 1. The second kappa shape index (κ2) is 4.86. The fourth-order valence-electron chi connectivity index (χ4n) is 1.64. The SMILES string of the molecule is O=Cc1cccc(F)c1-c1c(Cl)cccc1Cl. The Morgan fingerprint density at radius 2 is 1.53 bits per heavy atom. The third-order valence-electron chi connectivity index (χ3n) is 2.39. The first kappa shape index (κ1) is 12.1. The molecule has 0 spiro atoms. The molecule has 0 aliphatic rings. The molecule has 0 saturated heterocycles. The first-order valence-corrected chi connectivity index (χ1v) is 5.59. The van der Waals surface area contributed by atoms with Crippen molar-refractivity contribution in [3.8, 4) is 11.1 Å². The summed E-state index contributed by atoms with van der Waals surface area (Å²) in [5.74, 6) is -0.524. The quantitative estimate of drug-likeness (QED) is 0.727. The molecular formula is C13H7Cl2FO. The Labute approximate surface area is 108 Å². The summed E-state index contributed by atoms with van der Waals surface area (Å²) in [5, 5.41) is 0.622. The van der Waals surface area contributed by atoms with Gasteiger partial charge in [0.2, 0.25) is 0 Å². The number of hydrogen-bond donors (Lipinski definition) is 0. The average Bonchev–Trinajstić information content (AvgIpc) is 2.30. The Morgan fingerprint density at radius 1 is 0.941 bits per heavy atom. The smallest absolute Gasteiger partial charge is 0.150 e. The summed E-state index contributed by atoms with van der Waals surface area (Å²) in [6, 6.07) is 9.11. The fraction of sp³-hybridized carbons (Fsp3) is 0. The molecule has 0 aliphatic heterocycles. The van der Waals surface area contributed by atoms with Crippen LogP contribution in [0, 0.1) is 5.82 Å². The van der Waals surface area contributed by atoms with E-state index in [1.807, 2.05) is 0 Å². The number of aldehydes is 1. The van der Waals surface area contributed by atoms with Gasteiger partial charge in [0.15, 0.2) is 6.29 Å². The van der Waals surface area contributed by atoms with Crippen molar-refractivity contribution < 1.29 is 9.18 Å². The van der Waals surface area contributed by atoms with Gasteiger partial charge in [-0.25, -0.2) is 4.39 Å². The van der Waals surface area contributed by atoms with Crippen LogP contribution >= 0.6 is 23.2 Å². The molecule has 0 amide bonds. The van der Waals surface area contributed by atoms with E-state index in [1.165, 1.54) is 18.2 Å². The molecule has 0 atom stereocenters. The van der Waals surface area contributed by atoms with Crippen molar-refractivity contribution in [3.63, 3.8) is 0 Å². The van der Waals surface area contributed by atoms with Crippen LogP contribution < -0.4 is 0 Å². The first-order valence-electron chi connectivity index (χ1n) is 4.83. The van der Waals surface area contributed by atoms with Crippen molar-refractivity contribution in [2.75, 3.05) is 0 Å². The van der Waals surface area contributed by atoms with Crippen LogP contribution in [0.25, 0.3) is 11.1 Å². The predicted molar refractivity (Wildman–Crippen MR) is 67.2 cm³/mol. The lowest BCUT2D eigenvalue weighted by Crippen LogP contribution is -1.93. The molecule has 86 valence electrons. The van der Waals surface area contributed by atoms with Gasteiger partial charge < -0.3 is 0 Å². The van der Waals surface area contributed by atoms with Crippen molar-refractivity contribution in [1.29, 1.82) is 0 Å². The fourth-order valence-corrected chi connectivity index (χ4v) is 2.23. The van der Waals surface area contributed by atoms with Gasteiger partial charge >= 0.3 is 0 Å². The van der Waals surface area contributed by atoms with E-state index in [4.69, 9.17) is 23.2 Å². The van der Waals surface area contributed by atoms with Crippen molar-refractivity contribution in [2.24, 2.45) is 0 Å². The summed E-state index contributed by atoms with van der Waals surface area (Å²) >= 11 is 12.0. The Hall–Kier alpha value is -1.38. The van der Waals surface area contributed by atoms with Crippen LogP contribution in [0.4, 0.5) is 4.39 Å². The highest BCUT2D eigenvalue weighted by Crippen LogP contribution is 2.37. The number of carbonyl (C=O) groups excluding carboxylic acids is 1. The minimum absolute atomic E-state index is 0.137. The Balaban J connectivity index is 2.81. The molecule has 0 N–H and O–H groups in total. The topological polar surface area (TPSA) is 17.1 Å². The van der Waals surface area contributed by atoms with Crippen LogP contribution in [0.3, 0.4) is 0 Å². The lowest BCUT2D eigenvalue weighted by Gasteiger charge is -2.10. The molecule has 0 bridgehead atoms. The summed E-state index contributed by atoms with van der Waals surface area (Å²) < 4.78 is 13.8. The molecule has 4 heteroatoms. The highest BCUT2D eigenvalue weighted by atomic mass is 35.5. The molecule has 0 saturated carbocycles. The van der Waals surface area contributed by atoms with E-state index in [9.17, 15) is 9.18 Å². The molecule has 17 heavy (non-hydrogen) atoms. The third-order valence-corrected chi connectivity index (χ3v) is 3.02. The molecular weight excluding hydrogens is 262 g/mol. The van der Waals surface area contributed by atoms with Gasteiger partial charge in [0, 0.05) is 16.7 Å². The van der Waals surface area contributed by atoms with Crippen LogP contribution in [0.15, 0.2) is 36.4 Å². The Kier molecular flexibility index (Phi) is 3.46. The zero-order valence-corrected chi connectivity index (χ0v) is 10.1. The number of carbonyl (C=O) groups is 1. The van der Waals surface area contributed by atoms with E-state index in [0.717, 1.165) is 0 Å². The van der Waals surface area contributed by atoms with Gasteiger partial charge in [-0.15, -0.1) is 0 Å². The zero-order chi connectivity index (χ0) is 12.4. The van der Waals surface area contributed by atoms with Gasteiger partial charge in [-0.2, -0.15) is 0 Å². The molecule has 0 heterocycles. The minimum atomic E-state index is -0.524. The summed E-state index contributed by atoms with van der Waals surface area (Å²) in [4.78, 5) is 10.9. The lowest BCUT2D eigenvalue weighted by molar-refractivity contribution is 0.112. The van der Waals surface area contributed by atoms with Crippen molar-refractivity contribution in [2.45, 2.75) is 0 Å². The molecule has 0 unspecified atom stereocenters. The van der Waals surface area contributed by atoms with Crippen LogP contribution in [0.1, 0.15) is 10.4 Å². The Bertz CT molecular complexity index is 561. The van der Waals surface area contributed by atoms with Crippen molar-refractivity contribution >= 4 is 29.5 Å². The monoisotopic (exact) mass is 268 g/mol. The van der Waals surface area contributed by atoms with Crippen LogP contribution in [-0.2, 0) is 0 Å². The number of halogens is 3. The molecule has 2 rings (SSSR count). The van der Waals surface area contributed by atoms with Gasteiger partial charge in [-0.05, 0) is 18.2 Å². The zero-order valence-electron chi connectivity index (χ0n) is 8.58. The highest BCUT2D eigenvalue weighted by molar-refractivity contribution is 6.39. The van der Waals surface area contributed by atoms with Crippen LogP contribution in [0.2, 0.25) is 10.0 Å². The standard InChI is InChI=1S/C13H7Cl2FO/c14-9-4-2-5-10(15)13(9)12-8(7-17)3-1-6-11(12)16/h1-7H. The highest BCUT2D eigenvalue weighted by Gasteiger charge is 2.16. The van der Waals surface area contributed by atoms with Gasteiger partial charge in [-0.1, -0.05) is 41.4 Å². The molecule has 0 aliphatic carbocycles. The van der Waals surface area contributed by atoms with Crippen LogP contribution in [-0.4, -0.2) is 6.29 Å². The van der Waals surface area contributed by atoms with E-state index >= 15 is 0 Å². The summed E-state index contributed by atoms with van der Waals surface area (Å²) in [6.07, 6.45) is 0.581. The third kappa shape index (κ3) is 2.19. The van der Waals surface area contributed by atoms with E-state index in [-0.39, 0.29) is 11.1 Å². The summed E-state index contributed by atoms with van der Waals surface area (Å²) in [6.45, 7) is 0. The van der Waals surface area contributed by atoms with E-state index < -0.39 is 5.82 Å². The van der Waals surface area contributed by atoms with E-state index in [0.29, 0.717) is 21.9 Å². The molecule has 2 aromatic rings. The lowest BCUT2D eigenvalue weighted by atomic mass is 9.99. The maximum absolute atomic E-state index is 13.8. The second-order valence-electron chi connectivity index (χ2n) is 3.42. The van der Waals surface area contributed by atoms with Crippen molar-refractivity contribution in [3.05, 3.63) is 57.8 Å². The van der Waals surface area contributed by atoms with Gasteiger partial charge in [-0.3, -0.25) is 4.79 Å². The average molecular weight is 269 g/mol. The predicted octanol–water partition coefficient (Wildman–Crippen LogP) is 4.61. The van der Waals surface area contributed by atoms with Crippen molar-refractivity contribution in [1.82, 2.24) is 0 Å². The second-order valence-corrected chi connectivity index (χ2v) is 4.23. The molecule has 0 radical (unpaired) electrons. The molecule has 1 nitrogen and oxygen atoms in total.